The molecular weight excluding hydrogens is 208 g/mol. The molecule has 88 valence electrons. The third-order valence-corrected chi connectivity index (χ3v) is 2.91. The third kappa shape index (κ3) is 2.36. The highest BCUT2D eigenvalue weighted by Gasteiger charge is 2.06. The number of rotatable bonds is 3. The van der Waals surface area contributed by atoms with Gasteiger partial charge in [0.2, 0.25) is 0 Å². The Balaban J connectivity index is 2.60. The molecular formula is C15H18N2. The summed E-state index contributed by atoms with van der Waals surface area (Å²) in [5.74, 6) is 0.880. The van der Waals surface area contributed by atoms with E-state index in [0.29, 0.717) is 0 Å². The molecule has 17 heavy (non-hydrogen) atoms. The molecule has 1 aromatic heterocycles. The predicted molar refractivity (Wildman–Crippen MR) is 72.8 cm³/mol. The molecule has 0 aliphatic carbocycles. The smallest absolute Gasteiger partial charge is 0.155 e. The van der Waals surface area contributed by atoms with E-state index in [2.05, 4.69) is 36.0 Å². The number of nitrogens with zero attached hydrogens (tertiary/aromatic N) is 2. The minimum absolute atomic E-state index is 0.880. The van der Waals surface area contributed by atoms with Crippen LogP contribution in [0, 0.1) is 6.92 Å². The molecule has 0 fully saturated rings. The number of aryl methyl sites for hydroxylation is 1. The minimum atomic E-state index is 0.880. The fourth-order valence-corrected chi connectivity index (χ4v) is 2.02. The quantitative estimate of drug-likeness (QED) is 0.786. The minimum Gasteiger partial charge on any atom is -0.233 e. The summed E-state index contributed by atoms with van der Waals surface area (Å²) >= 11 is 0. The van der Waals surface area contributed by atoms with Gasteiger partial charge in [-0.3, -0.25) is 0 Å². The van der Waals surface area contributed by atoms with Crippen LogP contribution >= 0.6 is 0 Å². The van der Waals surface area contributed by atoms with E-state index in [1.165, 1.54) is 5.57 Å². The average molecular weight is 226 g/mol. The summed E-state index contributed by atoms with van der Waals surface area (Å²) < 4.78 is 0. The number of para-hydroxylation sites is 1. The number of hydrogen-bond donors (Lipinski definition) is 0. The van der Waals surface area contributed by atoms with Crippen molar-refractivity contribution in [2.24, 2.45) is 0 Å². The normalized spacial score (nSPS) is 12.1. The molecule has 0 aliphatic heterocycles. The van der Waals surface area contributed by atoms with E-state index < -0.39 is 0 Å². The van der Waals surface area contributed by atoms with Crippen molar-refractivity contribution < 1.29 is 0 Å². The zero-order chi connectivity index (χ0) is 12.3. The van der Waals surface area contributed by atoms with Crippen LogP contribution < -0.4 is 0 Å². The van der Waals surface area contributed by atoms with Crippen molar-refractivity contribution in [2.75, 3.05) is 0 Å². The van der Waals surface area contributed by atoms with Crippen LogP contribution in [0.1, 0.15) is 38.2 Å². The van der Waals surface area contributed by atoms with Gasteiger partial charge in [0.1, 0.15) is 0 Å². The molecule has 0 atom stereocenters. The molecule has 0 spiro atoms. The van der Waals surface area contributed by atoms with Gasteiger partial charge in [-0.25, -0.2) is 9.97 Å². The second-order valence-corrected chi connectivity index (χ2v) is 4.14. The van der Waals surface area contributed by atoms with Gasteiger partial charge in [0, 0.05) is 11.1 Å². The van der Waals surface area contributed by atoms with Gasteiger partial charge >= 0.3 is 0 Å². The van der Waals surface area contributed by atoms with Crippen LogP contribution in [0.4, 0.5) is 0 Å². The van der Waals surface area contributed by atoms with Crippen LogP contribution in [0.3, 0.4) is 0 Å². The zero-order valence-corrected chi connectivity index (χ0v) is 10.7. The van der Waals surface area contributed by atoms with Crippen molar-refractivity contribution in [3.63, 3.8) is 0 Å². The lowest BCUT2D eigenvalue weighted by molar-refractivity contribution is 1.06. The van der Waals surface area contributed by atoms with Gasteiger partial charge in [-0.1, -0.05) is 38.1 Å². The summed E-state index contributed by atoms with van der Waals surface area (Å²) in [6.07, 6.45) is 4.22. The van der Waals surface area contributed by atoms with Gasteiger partial charge in [0.25, 0.3) is 0 Å². The fourth-order valence-electron chi connectivity index (χ4n) is 2.02. The molecule has 0 saturated carbocycles. The van der Waals surface area contributed by atoms with Crippen molar-refractivity contribution in [1.29, 1.82) is 0 Å². The Morgan fingerprint density at radius 2 is 1.94 bits per heavy atom. The van der Waals surface area contributed by atoms with Gasteiger partial charge in [0.15, 0.2) is 5.82 Å². The summed E-state index contributed by atoms with van der Waals surface area (Å²) in [4.78, 5) is 9.26. The number of benzene rings is 1. The Kier molecular flexibility index (Phi) is 3.52. The number of aromatic nitrogens is 2. The van der Waals surface area contributed by atoms with Gasteiger partial charge in [-0.15, -0.1) is 0 Å². The summed E-state index contributed by atoms with van der Waals surface area (Å²) in [5.41, 5.74) is 3.33. The van der Waals surface area contributed by atoms with E-state index >= 15 is 0 Å². The monoisotopic (exact) mass is 226 g/mol. The van der Waals surface area contributed by atoms with Crippen LogP contribution in [0.25, 0.3) is 16.5 Å². The number of hydrogen-bond acceptors (Lipinski definition) is 2. The lowest BCUT2D eigenvalue weighted by Crippen LogP contribution is -1.97. The Morgan fingerprint density at radius 1 is 1.18 bits per heavy atom. The van der Waals surface area contributed by atoms with Gasteiger partial charge in [-0.2, -0.15) is 0 Å². The van der Waals surface area contributed by atoms with Crippen LogP contribution in [0.2, 0.25) is 0 Å². The standard InChI is InChI=1S/C15H18N2/c1-4-8-12(5-2)15-16-11(3)13-9-6-7-10-14(13)17-15/h6-10H,4-5H2,1-3H3/b12-8+. The van der Waals surface area contributed by atoms with Crippen molar-refractivity contribution in [3.8, 4) is 0 Å². The van der Waals surface area contributed by atoms with Gasteiger partial charge in [-0.05, 0) is 31.4 Å². The summed E-state index contributed by atoms with van der Waals surface area (Å²) in [6.45, 7) is 6.34. The third-order valence-electron chi connectivity index (χ3n) is 2.91. The lowest BCUT2D eigenvalue weighted by atomic mass is 10.1. The van der Waals surface area contributed by atoms with Crippen LogP contribution in [-0.2, 0) is 0 Å². The summed E-state index contributed by atoms with van der Waals surface area (Å²) in [6, 6.07) is 8.17. The van der Waals surface area contributed by atoms with Crippen LogP contribution in [0.5, 0.6) is 0 Å². The Hall–Kier alpha value is -1.70. The first-order valence-corrected chi connectivity index (χ1v) is 6.19. The Morgan fingerprint density at radius 3 is 2.65 bits per heavy atom. The van der Waals surface area contributed by atoms with E-state index in [1.807, 2.05) is 25.1 Å². The first kappa shape index (κ1) is 11.8. The topological polar surface area (TPSA) is 25.8 Å². The van der Waals surface area contributed by atoms with E-state index in [-0.39, 0.29) is 0 Å². The van der Waals surface area contributed by atoms with Crippen molar-refractivity contribution in [1.82, 2.24) is 9.97 Å². The van der Waals surface area contributed by atoms with Crippen LogP contribution in [0.15, 0.2) is 30.3 Å². The maximum absolute atomic E-state index is 4.65. The fraction of sp³-hybridized carbons (Fsp3) is 0.333. The molecule has 2 heteroatoms. The van der Waals surface area contributed by atoms with Crippen LogP contribution in [-0.4, -0.2) is 9.97 Å². The molecule has 0 N–H and O–H groups in total. The lowest BCUT2D eigenvalue weighted by Gasteiger charge is -2.07. The maximum Gasteiger partial charge on any atom is 0.155 e. The SMILES string of the molecule is CC/C=C(\CC)c1nc(C)c2ccccc2n1. The Bertz CT molecular complexity index is 556. The summed E-state index contributed by atoms with van der Waals surface area (Å²) in [7, 11) is 0. The summed E-state index contributed by atoms with van der Waals surface area (Å²) in [5, 5.41) is 1.14. The van der Waals surface area contributed by atoms with E-state index in [9.17, 15) is 0 Å². The Labute approximate surface area is 102 Å². The number of allylic oxidation sites excluding steroid dienone is 2. The second kappa shape index (κ2) is 5.09. The van der Waals surface area contributed by atoms with Gasteiger partial charge < -0.3 is 0 Å². The molecule has 0 saturated heterocycles. The predicted octanol–water partition coefficient (Wildman–Crippen LogP) is 4.14. The van der Waals surface area contributed by atoms with E-state index in [0.717, 1.165) is 35.3 Å². The molecule has 0 amide bonds. The van der Waals surface area contributed by atoms with Crippen molar-refractivity contribution in [3.05, 3.63) is 41.9 Å². The highest BCUT2D eigenvalue weighted by Crippen LogP contribution is 2.20. The molecule has 2 rings (SSSR count). The average Bonchev–Trinajstić information content (AvgIpc) is 2.36. The first-order valence-electron chi connectivity index (χ1n) is 6.19. The molecule has 0 radical (unpaired) electrons. The largest absolute Gasteiger partial charge is 0.233 e. The highest BCUT2D eigenvalue weighted by molar-refractivity contribution is 5.82. The van der Waals surface area contributed by atoms with Crippen molar-refractivity contribution >= 4 is 16.5 Å². The molecule has 0 aliphatic rings. The molecule has 2 nitrogen and oxygen atoms in total. The molecule has 2 aromatic rings. The van der Waals surface area contributed by atoms with E-state index in [1.54, 1.807) is 0 Å². The van der Waals surface area contributed by atoms with E-state index in [4.69, 9.17) is 0 Å². The first-order chi connectivity index (χ1) is 8.26. The van der Waals surface area contributed by atoms with Gasteiger partial charge in [0.05, 0.1) is 5.52 Å². The maximum atomic E-state index is 4.65. The molecule has 0 bridgehead atoms. The molecule has 1 aromatic carbocycles. The van der Waals surface area contributed by atoms with Crippen molar-refractivity contribution in [2.45, 2.75) is 33.6 Å². The second-order valence-electron chi connectivity index (χ2n) is 4.14. The molecule has 0 unspecified atom stereocenters. The zero-order valence-electron chi connectivity index (χ0n) is 10.7. The number of fused-ring (bicyclic) bond motifs is 1. The molecule has 1 heterocycles. The highest BCUT2D eigenvalue weighted by atomic mass is 14.9.